The number of anilines is 2. The number of ether oxygens (including phenoxy) is 1. The number of nitrogen functional groups attached to an aromatic ring is 1. The summed E-state index contributed by atoms with van der Waals surface area (Å²) < 4.78 is 5.61. The number of aromatic nitrogens is 1. The molecule has 1 heterocycles. The van der Waals surface area contributed by atoms with E-state index in [1.54, 1.807) is 12.1 Å². The van der Waals surface area contributed by atoms with Gasteiger partial charge in [0.05, 0.1) is 24.4 Å². The molecule has 0 aliphatic rings. The first kappa shape index (κ1) is 17.8. The molecule has 1 aromatic carbocycles. The number of halogens is 1. The molecular formula is C16H20ClN3O2. The number of carbonyl (C=O) groups is 1. The summed E-state index contributed by atoms with van der Waals surface area (Å²) in [5.41, 5.74) is 7.03. The van der Waals surface area contributed by atoms with E-state index in [0.29, 0.717) is 11.5 Å². The SMILES string of the molecule is CC(C)Oc1cccc(CC(=O)Nc2ccc(N)nc2)c1.Cl. The lowest BCUT2D eigenvalue weighted by molar-refractivity contribution is -0.115. The van der Waals surface area contributed by atoms with Crippen molar-refractivity contribution in [2.24, 2.45) is 0 Å². The van der Waals surface area contributed by atoms with Crippen LogP contribution in [0.25, 0.3) is 0 Å². The summed E-state index contributed by atoms with van der Waals surface area (Å²) in [6, 6.07) is 10.9. The van der Waals surface area contributed by atoms with Crippen LogP contribution in [0, 0.1) is 0 Å². The maximum absolute atomic E-state index is 12.0. The molecule has 0 bridgehead atoms. The molecular weight excluding hydrogens is 302 g/mol. The smallest absolute Gasteiger partial charge is 0.228 e. The summed E-state index contributed by atoms with van der Waals surface area (Å²) in [4.78, 5) is 15.9. The Morgan fingerprint density at radius 1 is 1.32 bits per heavy atom. The van der Waals surface area contributed by atoms with Crippen LogP contribution >= 0.6 is 12.4 Å². The van der Waals surface area contributed by atoms with E-state index in [-0.39, 0.29) is 30.8 Å². The third-order valence-electron chi connectivity index (χ3n) is 2.71. The summed E-state index contributed by atoms with van der Waals surface area (Å²) in [7, 11) is 0. The maximum Gasteiger partial charge on any atom is 0.228 e. The Morgan fingerprint density at radius 2 is 2.09 bits per heavy atom. The second-order valence-electron chi connectivity index (χ2n) is 5.01. The number of nitrogens with one attached hydrogen (secondary N) is 1. The van der Waals surface area contributed by atoms with Crippen LogP contribution in [0.15, 0.2) is 42.6 Å². The molecule has 3 N–H and O–H groups in total. The molecule has 5 nitrogen and oxygen atoms in total. The van der Waals surface area contributed by atoms with Crippen LogP contribution in [0.4, 0.5) is 11.5 Å². The van der Waals surface area contributed by atoms with Crippen molar-refractivity contribution < 1.29 is 9.53 Å². The summed E-state index contributed by atoms with van der Waals surface area (Å²) in [6.45, 7) is 3.93. The first-order valence-corrected chi connectivity index (χ1v) is 6.80. The lowest BCUT2D eigenvalue weighted by Crippen LogP contribution is -2.14. The molecule has 0 unspecified atom stereocenters. The Morgan fingerprint density at radius 3 is 2.73 bits per heavy atom. The highest BCUT2D eigenvalue weighted by molar-refractivity contribution is 5.92. The number of hydrogen-bond acceptors (Lipinski definition) is 4. The van der Waals surface area contributed by atoms with E-state index in [1.807, 2.05) is 38.1 Å². The number of pyridine rings is 1. The first-order chi connectivity index (χ1) is 10.0. The zero-order valence-corrected chi connectivity index (χ0v) is 13.4. The summed E-state index contributed by atoms with van der Waals surface area (Å²) in [6.07, 6.45) is 1.92. The van der Waals surface area contributed by atoms with Crippen molar-refractivity contribution in [3.63, 3.8) is 0 Å². The minimum Gasteiger partial charge on any atom is -0.491 e. The first-order valence-electron chi connectivity index (χ1n) is 6.80. The number of nitrogens with zero attached hydrogens (tertiary/aromatic N) is 1. The van der Waals surface area contributed by atoms with Gasteiger partial charge in [-0.15, -0.1) is 12.4 Å². The van der Waals surface area contributed by atoms with E-state index >= 15 is 0 Å². The van der Waals surface area contributed by atoms with Gasteiger partial charge in [-0.3, -0.25) is 4.79 Å². The molecule has 2 aromatic rings. The van der Waals surface area contributed by atoms with Crippen LogP contribution in [0.2, 0.25) is 0 Å². The molecule has 0 saturated heterocycles. The van der Waals surface area contributed by atoms with Crippen LogP contribution in [-0.2, 0) is 11.2 Å². The molecule has 0 aliphatic carbocycles. The topological polar surface area (TPSA) is 77.2 Å². The van der Waals surface area contributed by atoms with E-state index in [9.17, 15) is 4.79 Å². The second-order valence-corrected chi connectivity index (χ2v) is 5.01. The number of nitrogens with two attached hydrogens (primary N) is 1. The highest BCUT2D eigenvalue weighted by Gasteiger charge is 2.06. The highest BCUT2D eigenvalue weighted by Crippen LogP contribution is 2.16. The van der Waals surface area contributed by atoms with Crippen molar-refractivity contribution in [3.8, 4) is 5.75 Å². The van der Waals surface area contributed by atoms with E-state index in [1.165, 1.54) is 6.20 Å². The number of rotatable bonds is 5. The Labute approximate surface area is 136 Å². The summed E-state index contributed by atoms with van der Waals surface area (Å²) in [5.74, 6) is 1.08. The fraction of sp³-hybridized carbons (Fsp3) is 0.250. The Balaban J connectivity index is 0.00000242. The molecule has 0 aliphatic heterocycles. The number of carbonyl (C=O) groups excluding carboxylic acids is 1. The number of benzene rings is 1. The van der Waals surface area contributed by atoms with Crippen molar-refractivity contribution in [1.82, 2.24) is 4.98 Å². The van der Waals surface area contributed by atoms with Crippen molar-refractivity contribution in [2.45, 2.75) is 26.4 Å². The Hall–Kier alpha value is -2.27. The molecule has 0 atom stereocenters. The minimum atomic E-state index is -0.108. The van der Waals surface area contributed by atoms with E-state index < -0.39 is 0 Å². The standard InChI is InChI=1S/C16H19N3O2.ClH/c1-11(2)21-14-5-3-4-12(8-14)9-16(20)19-13-6-7-15(17)18-10-13;/h3-8,10-11H,9H2,1-2H3,(H2,17,18)(H,19,20);1H. The average molecular weight is 322 g/mol. The van der Waals surface area contributed by atoms with Crippen LogP contribution in [0.1, 0.15) is 19.4 Å². The van der Waals surface area contributed by atoms with Gasteiger partial charge in [0.1, 0.15) is 11.6 Å². The molecule has 22 heavy (non-hydrogen) atoms. The van der Waals surface area contributed by atoms with Crippen LogP contribution in [0.3, 0.4) is 0 Å². The van der Waals surface area contributed by atoms with E-state index in [4.69, 9.17) is 10.5 Å². The normalized spacial score (nSPS) is 9.95. The largest absolute Gasteiger partial charge is 0.491 e. The van der Waals surface area contributed by atoms with Crippen molar-refractivity contribution >= 4 is 29.8 Å². The molecule has 0 radical (unpaired) electrons. The molecule has 1 amide bonds. The Bertz CT molecular complexity index is 615. The molecule has 2 rings (SSSR count). The van der Waals surface area contributed by atoms with Crippen molar-refractivity contribution in [1.29, 1.82) is 0 Å². The fourth-order valence-electron chi connectivity index (χ4n) is 1.87. The van der Waals surface area contributed by atoms with Gasteiger partial charge in [-0.2, -0.15) is 0 Å². The van der Waals surface area contributed by atoms with Crippen molar-refractivity contribution in [3.05, 3.63) is 48.2 Å². The number of hydrogen-bond donors (Lipinski definition) is 2. The Kier molecular flexibility index (Phi) is 6.66. The summed E-state index contributed by atoms with van der Waals surface area (Å²) >= 11 is 0. The third-order valence-corrected chi connectivity index (χ3v) is 2.71. The fourth-order valence-corrected chi connectivity index (χ4v) is 1.87. The van der Waals surface area contributed by atoms with Gasteiger partial charge in [-0.05, 0) is 43.7 Å². The quantitative estimate of drug-likeness (QED) is 0.887. The number of amides is 1. The van der Waals surface area contributed by atoms with Crippen LogP contribution in [-0.4, -0.2) is 17.0 Å². The third kappa shape index (κ3) is 5.61. The van der Waals surface area contributed by atoms with Gasteiger partial charge in [-0.25, -0.2) is 4.98 Å². The van der Waals surface area contributed by atoms with Gasteiger partial charge < -0.3 is 15.8 Å². The molecule has 6 heteroatoms. The lowest BCUT2D eigenvalue weighted by atomic mass is 10.1. The zero-order chi connectivity index (χ0) is 15.2. The van der Waals surface area contributed by atoms with Crippen LogP contribution < -0.4 is 15.8 Å². The molecule has 0 spiro atoms. The monoisotopic (exact) mass is 321 g/mol. The van der Waals surface area contributed by atoms with Crippen molar-refractivity contribution in [2.75, 3.05) is 11.1 Å². The summed E-state index contributed by atoms with van der Waals surface area (Å²) in [5, 5.41) is 2.78. The van der Waals surface area contributed by atoms with Gasteiger partial charge in [0.2, 0.25) is 5.91 Å². The van der Waals surface area contributed by atoms with Gasteiger partial charge in [-0.1, -0.05) is 12.1 Å². The molecule has 0 fully saturated rings. The second kappa shape index (κ2) is 8.24. The molecule has 1 aromatic heterocycles. The maximum atomic E-state index is 12.0. The minimum absolute atomic E-state index is 0. The predicted octanol–water partition coefficient (Wildman–Crippen LogP) is 3.05. The van der Waals surface area contributed by atoms with Gasteiger partial charge in [0, 0.05) is 0 Å². The van der Waals surface area contributed by atoms with E-state index in [2.05, 4.69) is 10.3 Å². The van der Waals surface area contributed by atoms with Gasteiger partial charge in [0.25, 0.3) is 0 Å². The van der Waals surface area contributed by atoms with Crippen LogP contribution in [0.5, 0.6) is 5.75 Å². The van der Waals surface area contributed by atoms with E-state index in [0.717, 1.165) is 11.3 Å². The molecule has 0 saturated carbocycles. The predicted molar refractivity (Wildman–Crippen MR) is 90.4 cm³/mol. The lowest BCUT2D eigenvalue weighted by Gasteiger charge is -2.11. The van der Waals surface area contributed by atoms with Gasteiger partial charge >= 0.3 is 0 Å². The molecule has 118 valence electrons. The zero-order valence-electron chi connectivity index (χ0n) is 12.6. The average Bonchev–Trinajstić information content (AvgIpc) is 2.41. The highest BCUT2D eigenvalue weighted by atomic mass is 35.5. The van der Waals surface area contributed by atoms with Gasteiger partial charge in [0.15, 0.2) is 0 Å².